The number of anilines is 1. The highest BCUT2D eigenvalue weighted by molar-refractivity contribution is 6.09. The van der Waals surface area contributed by atoms with Gasteiger partial charge in [-0.05, 0) is 30.2 Å². The molecule has 0 saturated carbocycles. The summed E-state index contributed by atoms with van der Waals surface area (Å²) in [6, 6.07) is 20.4. The molecule has 0 aliphatic heterocycles. The van der Waals surface area contributed by atoms with Crippen LogP contribution in [0.25, 0.3) is 11.1 Å². The molecule has 0 aromatic heterocycles. The molecule has 0 spiro atoms. The number of carbonyl (C=O) groups excluding carboxylic acids is 1. The highest BCUT2D eigenvalue weighted by atomic mass is 16.6. The van der Waals surface area contributed by atoms with Crippen LogP contribution in [0.3, 0.4) is 0 Å². The van der Waals surface area contributed by atoms with Gasteiger partial charge in [-0.15, -0.1) is 0 Å². The van der Waals surface area contributed by atoms with E-state index in [1.165, 1.54) is 12.1 Å². The van der Waals surface area contributed by atoms with Gasteiger partial charge < -0.3 is 5.32 Å². The third kappa shape index (κ3) is 3.67. The summed E-state index contributed by atoms with van der Waals surface area (Å²) in [4.78, 5) is 23.4. The summed E-state index contributed by atoms with van der Waals surface area (Å²) < 4.78 is 0. The summed E-state index contributed by atoms with van der Waals surface area (Å²) in [5.74, 6) is -0.401. The molecule has 0 heterocycles. The number of hydrogen-bond acceptors (Lipinski definition) is 4. The van der Waals surface area contributed by atoms with E-state index in [1.807, 2.05) is 0 Å². The van der Waals surface area contributed by atoms with E-state index in [9.17, 15) is 20.2 Å². The zero-order valence-electron chi connectivity index (χ0n) is 14.5. The van der Waals surface area contributed by atoms with Crippen molar-refractivity contribution in [3.63, 3.8) is 0 Å². The fourth-order valence-corrected chi connectivity index (χ4v) is 2.78. The van der Waals surface area contributed by atoms with Crippen molar-refractivity contribution in [3.05, 3.63) is 93.5 Å². The highest BCUT2D eigenvalue weighted by Crippen LogP contribution is 2.28. The lowest BCUT2D eigenvalue weighted by atomic mass is 9.95. The van der Waals surface area contributed by atoms with Gasteiger partial charge in [-0.25, -0.2) is 0 Å². The van der Waals surface area contributed by atoms with Crippen molar-refractivity contribution in [2.75, 3.05) is 5.32 Å². The fourth-order valence-electron chi connectivity index (χ4n) is 2.78. The average Bonchev–Trinajstić information content (AvgIpc) is 2.69. The minimum absolute atomic E-state index is 0.0981. The second-order valence-corrected chi connectivity index (χ2v) is 5.91. The number of aryl methyl sites for hydroxylation is 1. The minimum atomic E-state index is -0.508. The number of rotatable bonds is 4. The Morgan fingerprint density at radius 1 is 1.04 bits per heavy atom. The van der Waals surface area contributed by atoms with Crippen molar-refractivity contribution in [1.29, 1.82) is 5.26 Å². The van der Waals surface area contributed by atoms with Crippen LogP contribution in [0.5, 0.6) is 0 Å². The Balaban J connectivity index is 2.02. The first kappa shape index (κ1) is 17.8. The molecule has 6 heteroatoms. The van der Waals surface area contributed by atoms with Crippen LogP contribution in [0.2, 0.25) is 0 Å². The molecule has 27 heavy (non-hydrogen) atoms. The largest absolute Gasteiger partial charge is 0.321 e. The van der Waals surface area contributed by atoms with Gasteiger partial charge in [0.05, 0.1) is 22.2 Å². The SMILES string of the molecule is Cc1ccc([N+](=O)[O-])cc1NC(=O)c1ccccc1-c1ccccc1C#N. The standard InChI is InChI=1S/C21H15N3O3/c1-14-10-11-16(24(26)27)12-20(14)23-21(25)19-9-5-4-8-18(19)17-7-3-2-6-15(17)13-22/h2-12H,1H3,(H,23,25). The summed E-state index contributed by atoms with van der Waals surface area (Å²) in [5, 5.41) is 23.1. The maximum Gasteiger partial charge on any atom is 0.271 e. The molecule has 0 saturated heterocycles. The molecule has 0 unspecified atom stereocenters. The summed E-state index contributed by atoms with van der Waals surface area (Å²) >= 11 is 0. The van der Waals surface area contributed by atoms with Gasteiger partial charge in [0.15, 0.2) is 0 Å². The van der Waals surface area contributed by atoms with Crippen LogP contribution in [0.1, 0.15) is 21.5 Å². The Labute approximate surface area is 155 Å². The van der Waals surface area contributed by atoms with E-state index in [-0.39, 0.29) is 5.69 Å². The smallest absolute Gasteiger partial charge is 0.271 e. The molecule has 0 fully saturated rings. The van der Waals surface area contributed by atoms with E-state index in [1.54, 1.807) is 61.5 Å². The first-order chi connectivity index (χ1) is 13.0. The number of nitro groups is 1. The summed E-state index contributed by atoms with van der Waals surface area (Å²) in [6.07, 6.45) is 0. The van der Waals surface area contributed by atoms with Crippen LogP contribution >= 0.6 is 0 Å². The summed E-state index contributed by atoms with van der Waals surface area (Å²) in [7, 11) is 0. The molecule has 0 atom stereocenters. The fraction of sp³-hybridized carbons (Fsp3) is 0.0476. The van der Waals surface area contributed by atoms with Crippen molar-refractivity contribution in [1.82, 2.24) is 0 Å². The number of nitrogens with zero attached hydrogens (tertiary/aromatic N) is 2. The molecule has 3 aromatic rings. The number of nitriles is 1. The second-order valence-electron chi connectivity index (χ2n) is 5.91. The quantitative estimate of drug-likeness (QED) is 0.541. The van der Waals surface area contributed by atoms with Gasteiger partial charge in [0.25, 0.3) is 11.6 Å². The maximum atomic E-state index is 12.9. The molecule has 6 nitrogen and oxygen atoms in total. The molecular weight excluding hydrogens is 342 g/mol. The van der Waals surface area contributed by atoms with Gasteiger partial charge in [-0.1, -0.05) is 42.5 Å². The summed E-state index contributed by atoms with van der Waals surface area (Å²) in [6.45, 7) is 1.76. The number of hydrogen-bond donors (Lipinski definition) is 1. The van der Waals surface area contributed by atoms with Crippen LogP contribution in [-0.4, -0.2) is 10.8 Å². The maximum absolute atomic E-state index is 12.9. The Kier molecular flexibility index (Phi) is 4.95. The van der Waals surface area contributed by atoms with Crippen LogP contribution < -0.4 is 5.32 Å². The Morgan fingerprint density at radius 3 is 2.41 bits per heavy atom. The van der Waals surface area contributed by atoms with Gasteiger partial charge in [-0.2, -0.15) is 5.26 Å². The third-order valence-corrected chi connectivity index (χ3v) is 4.19. The predicted molar refractivity (Wildman–Crippen MR) is 102 cm³/mol. The van der Waals surface area contributed by atoms with Gasteiger partial charge in [0.1, 0.15) is 0 Å². The molecule has 3 rings (SSSR count). The second kappa shape index (κ2) is 7.50. The van der Waals surface area contributed by atoms with Gasteiger partial charge >= 0.3 is 0 Å². The molecule has 0 bridgehead atoms. The highest BCUT2D eigenvalue weighted by Gasteiger charge is 2.17. The van der Waals surface area contributed by atoms with E-state index >= 15 is 0 Å². The number of nitrogens with one attached hydrogen (secondary N) is 1. The molecule has 1 amide bonds. The van der Waals surface area contributed by atoms with E-state index in [4.69, 9.17) is 0 Å². The van der Waals surface area contributed by atoms with E-state index in [2.05, 4.69) is 11.4 Å². The lowest BCUT2D eigenvalue weighted by molar-refractivity contribution is -0.384. The number of benzene rings is 3. The molecule has 3 aromatic carbocycles. The lowest BCUT2D eigenvalue weighted by Crippen LogP contribution is -2.14. The van der Waals surface area contributed by atoms with Crippen molar-refractivity contribution in [3.8, 4) is 17.2 Å². The average molecular weight is 357 g/mol. The first-order valence-corrected chi connectivity index (χ1v) is 8.16. The normalized spacial score (nSPS) is 10.1. The Hall–Kier alpha value is -3.98. The van der Waals surface area contributed by atoms with E-state index < -0.39 is 10.8 Å². The van der Waals surface area contributed by atoms with Crippen molar-refractivity contribution >= 4 is 17.3 Å². The van der Waals surface area contributed by atoms with Crippen LogP contribution in [0.4, 0.5) is 11.4 Å². The minimum Gasteiger partial charge on any atom is -0.321 e. The predicted octanol–water partition coefficient (Wildman–Crippen LogP) is 4.69. The van der Waals surface area contributed by atoms with E-state index in [0.29, 0.717) is 33.5 Å². The molecule has 0 aliphatic rings. The number of amides is 1. The molecule has 0 radical (unpaired) electrons. The molecule has 0 aliphatic carbocycles. The Bertz CT molecular complexity index is 1080. The molecular formula is C21H15N3O3. The topological polar surface area (TPSA) is 96.0 Å². The van der Waals surface area contributed by atoms with Gasteiger partial charge in [-0.3, -0.25) is 14.9 Å². The third-order valence-electron chi connectivity index (χ3n) is 4.19. The number of carbonyl (C=O) groups is 1. The van der Waals surface area contributed by atoms with Crippen molar-refractivity contribution < 1.29 is 9.72 Å². The van der Waals surface area contributed by atoms with Crippen LogP contribution in [0.15, 0.2) is 66.7 Å². The van der Waals surface area contributed by atoms with Gasteiger partial charge in [0, 0.05) is 23.3 Å². The van der Waals surface area contributed by atoms with E-state index in [0.717, 1.165) is 0 Å². The molecule has 1 N–H and O–H groups in total. The monoisotopic (exact) mass is 357 g/mol. The Morgan fingerprint density at radius 2 is 1.70 bits per heavy atom. The van der Waals surface area contributed by atoms with Crippen LogP contribution in [-0.2, 0) is 0 Å². The zero-order chi connectivity index (χ0) is 19.4. The number of non-ortho nitro benzene ring substituents is 1. The number of nitro benzene ring substituents is 1. The first-order valence-electron chi connectivity index (χ1n) is 8.16. The zero-order valence-corrected chi connectivity index (χ0v) is 14.5. The molecule has 132 valence electrons. The van der Waals surface area contributed by atoms with Gasteiger partial charge in [0.2, 0.25) is 0 Å². The van der Waals surface area contributed by atoms with Crippen molar-refractivity contribution in [2.45, 2.75) is 6.92 Å². The van der Waals surface area contributed by atoms with Crippen LogP contribution in [0, 0.1) is 28.4 Å². The lowest BCUT2D eigenvalue weighted by Gasteiger charge is -2.12. The summed E-state index contributed by atoms with van der Waals surface area (Å²) in [5.41, 5.74) is 3.10. The van der Waals surface area contributed by atoms with Crippen molar-refractivity contribution in [2.24, 2.45) is 0 Å².